The molecule has 0 aliphatic carbocycles. The van der Waals surface area contributed by atoms with Gasteiger partial charge in [0.15, 0.2) is 0 Å². The standard InChI is InChI=1S/C26H36N2O4S/c1-7-23(28(33(6,30)31)20-15-14-18(4)19(5)16-20)25(29)27-22-17-26(8-2,9-3)32-24-13-11-10-12-21(22)24/h10-16,22-23H,7-9,17H2,1-6H3,(H,27,29)/t22-,23-/m1/s1. The minimum atomic E-state index is -3.69. The van der Waals surface area contributed by atoms with Gasteiger partial charge >= 0.3 is 0 Å². The molecule has 6 nitrogen and oxygen atoms in total. The number of benzene rings is 2. The number of para-hydroxylation sites is 1. The van der Waals surface area contributed by atoms with Crippen molar-refractivity contribution in [3.8, 4) is 5.75 Å². The first-order chi connectivity index (χ1) is 15.5. The Kier molecular flexibility index (Phi) is 7.42. The topological polar surface area (TPSA) is 75.7 Å². The van der Waals surface area contributed by atoms with Crippen molar-refractivity contribution in [1.29, 1.82) is 0 Å². The largest absolute Gasteiger partial charge is 0.487 e. The molecule has 1 N–H and O–H groups in total. The van der Waals surface area contributed by atoms with Gasteiger partial charge in [-0.25, -0.2) is 8.42 Å². The van der Waals surface area contributed by atoms with E-state index in [1.54, 1.807) is 6.07 Å². The van der Waals surface area contributed by atoms with Gasteiger partial charge in [-0.2, -0.15) is 0 Å². The normalized spacial score (nSPS) is 18.1. The predicted octanol–water partition coefficient (Wildman–Crippen LogP) is 5.05. The minimum Gasteiger partial charge on any atom is -0.487 e. The van der Waals surface area contributed by atoms with Gasteiger partial charge in [0.05, 0.1) is 18.0 Å². The van der Waals surface area contributed by atoms with Crippen LogP contribution < -0.4 is 14.4 Å². The van der Waals surface area contributed by atoms with E-state index in [2.05, 4.69) is 19.2 Å². The fraction of sp³-hybridized carbons (Fsp3) is 0.500. The Morgan fingerprint density at radius 3 is 2.36 bits per heavy atom. The average molecular weight is 473 g/mol. The highest BCUT2D eigenvalue weighted by atomic mass is 32.2. The van der Waals surface area contributed by atoms with Gasteiger partial charge in [0.25, 0.3) is 0 Å². The second-order valence-electron chi connectivity index (χ2n) is 9.05. The Morgan fingerprint density at radius 1 is 1.12 bits per heavy atom. The molecule has 0 radical (unpaired) electrons. The summed E-state index contributed by atoms with van der Waals surface area (Å²) in [6, 6.07) is 12.1. The summed E-state index contributed by atoms with van der Waals surface area (Å²) in [6.07, 6.45) is 3.78. The summed E-state index contributed by atoms with van der Waals surface area (Å²) < 4.78 is 33.3. The predicted molar refractivity (Wildman–Crippen MR) is 133 cm³/mol. The Bertz CT molecular complexity index is 1110. The number of rotatable bonds is 8. The lowest BCUT2D eigenvalue weighted by Crippen LogP contribution is -2.52. The van der Waals surface area contributed by atoms with Crippen LogP contribution >= 0.6 is 0 Å². The first-order valence-corrected chi connectivity index (χ1v) is 13.5. The highest BCUT2D eigenvalue weighted by molar-refractivity contribution is 7.92. The highest BCUT2D eigenvalue weighted by Crippen LogP contribution is 2.42. The van der Waals surface area contributed by atoms with Crippen LogP contribution in [0.15, 0.2) is 42.5 Å². The highest BCUT2D eigenvalue weighted by Gasteiger charge is 2.40. The fourth-order valence-corrected chi connectivity index (χ4v) is 5.82. The van der Waals surface area contributed by atoms with E-state index < -0.39 is 16.1 Å². The molecule has 1 aliphatic heterocycles. The number of sulfonamides is 1. The van der Waals surface area contributed by atoms with Crippen LogP contribution in [0.1, 0.15) is 69.2 Å². The van der Waals surface area contributed by atoms with Crippen LogP contribution in [0.3, 0.4) is 0 Å². The van der Waals surface area contributed by atoms with Crippen molar-refractivity contribution in [2.45, 2.75) is 78.0 Å². The van der Waals surface area contributed by atoms with Gasteiger partial charge in [0, 0.05) is 12.0 Å². The van der Waals surface area contributed by atoms with E-state index in [0.29, 0.717) is 18.5 Å². The Labute approximate surface area is 198 Å². The molecule has 2 aromatic rings. The molecular weight excluding hydrogens is 436 g/mol. The lowest BCUT2D eigenvalue weighted by atomic mass is 9.83. The summed E-state index contributed by atoms with van der Waals surface area (Å²) >= 11 is 0. The van der Waals surface area contributed by atoms with Crippen molar-refractivity contribution in [3.63, 3.8) is 0 Å². The Hall–Kier alpha value is -2.54. The second-order valence-corrected chi connectivity index (χ2v) is 10.9. The summed E-state index contributed by atoms with van der Waals surface area (Å²) in [5, 5.41) is 3.17. The molecule has 1 aliphatic rings. The van der Waals surface area contributed by atoms with Crippen LogP contribution in [0.4, 0.5) is 5.69 Å². The number of hydrogen-bond donors (Lipinski definition) is 1. The molecule has 0 spiro atoms. The van der Waals surface area contributed by atoms with Crippen LogP contribution in [0.25, 0.3) is 0 Å². The molecule has 0 saturated heterocycles. The first-order valence-electron chi connectivity index (χ1n) is 11.7. The van der Waals surface area contributed by atoms with E-state index in [-0.39, 0.29) is 17.6 Å². The number of nitrogens with zero attached hydrogens (tertiary/aromatic N) is 1. The van der Waals surface area contributed by atoms with Gasteiger partial charge in [-0.3, -0.25) is 9.10 Å². The van der Waals surface area contributed by atoms with Gasteiger partial charge in [0.2, 0.25) is 15.9 Å². The summed E-state index contributed by atoms with van der Waals surface area (Å²) in [5.41, 5.74) is 3.12. The maximum absolute atomic E-state index is 13.6. The van der Waals surface area contributed by atoms with E-state index in [0.717, 1.165) is 41.5 Å². The Morgan fingerprint density at radius 2 is 1.79 bits per heavy atom. The van der Waals surface area contributed by atoms with Crippen molar-refractivity contribution in [1.82, 2.24) is 5.32 Å². The number of nitrogens with one attached hydrogen (secondary N) is 1. The van der Waals surface area contributed by atoms with Crippen molar-refractivity contribution >= 4 is 21.6 Å². The molecule has 0 fully saturated rings. The molecular formula is C26H36N2O4S. The smallest absolute Gasteiger partial charge is 0.244 e. The van der Waals surface area contributed by atoms with E-state index in [1.165, 1.54) is 4.31 Å². The van der Waals surface area contributed by atoms with E-state index in [9.17, 15) is 13.2 Å². The maximum atomic E-state index is 13.6. The molecule has 2 aromatic carbocycles. The summed E-state index contributed by atoms with van der Waals surface area (Å²) in [5.74, 6) is 0.476. The summed E-state index contributed by atoms with van der Waals surface area (Å²) in [4.78, 5) is 13.6. The van der Waals surface area contributed by atoms with Crippen LogP contribution in [0.5, 0.6) is 5.75 Å². The number of hydrogen-bond acceptors (Lipinski definition) is 4. The SMILES string of the molecule is CC[C@H](C(=O)N[C@@H]1CC(CC)(CC)Oc2ccccc21)N(c1ccc(C)c(C)c1)S(C)(=O)=O. The molecule has 0 saturated carbocycles. The van der Waals surface area contributed by atoms with Gasteiger partial charge in [-0.15, -0.1) is 0 Å². The first kappa shape index (κ1) is 25.1. The lowest BCUT2D eigenvalue weighted by molar-refractivity contribution is -0.123. The second kappa shape index (κ2) is 9.75. The molecule has 33 heavy (non-hydrogen) atoms. The van der Waals surface area contributed by atoms with Crippen LogP contribution in [-0.2, 0) is 14.8 Å². The molecule has 2 atom stereocenters. The number of ether oxygens (including phenoxy) is 1. The minimum absolute atomic E-state index is 0.252. The van der Waals surface area contributed by atoms with Gasteiger partial charge < -0.3 is 10.1 Å². The molecule has 0 bridgehead atoms. The van der Waals surface area contributed by atoms with Gasteiger partial charge in [-0.1, -0.05) is 45.0 Å². The van der Waals surface area contributed by atoms with Crippen LogP contribution in [0.2, 0.25) is 0 Å². The third-order valence-corrected chi connectivity index (χ3v) is 8.06. The molecule has 1 amide bonds. The zero-order valence-electron chi connectivity index (χ0n) is 20.5. The quantitative estimate of drug-likeness (QED) is 0.584. The maximum Gasteiger partial charge on any atom is 0.244 e. The number of fused-ring (bicyclic) bond motifs is 1. The number of anilines is 1. The van der Waals surface area contributed by atoms with Gasteiger partial charge in [0.1, 0.15) is 17.4 Å². The summed E-state index contributed by atoms with van der Waals surface area (Å²) in [6.45, 7) is 9.94. The summed E-state index contributed by atoms with van der Waals surface area (Å²) in [7, 11) is -3.69. The van der Waals surface area contributed by atoms with E-state index >= 15 is 0 Å². The van der Waals surface area contributed by atoms with E-state index in [1.807, 2.05) is 57.2 Å². The molecule has 1 heterocycles. The molecule has 0 unspecified atom stereocenters. The molecule has 180 valence electrons. The van der Waals surface area contributed by atoms with Crippen molar-refractivity contribution in [3.05, 3.63) is 59.2 Å². The molecule has 0 aromatic heterocycles. The average Bonchev–Trinajstić information content (AvgIpc) is 2.78. The zero-order valence-corrected chi connectivity index (χ0v) is 21.3. The third-order valence-electron chi connectivity index (χ3n) is 6.88. The molecule has 3 rings (SSSR count). The van der Waals surface area contributed by atoms with Crippen molar-refractivity contribution in [2.75, 3.05) is 10.6 Å². The number of amides is 1. The van der Waals surface area contributed by atoms with Crippen molar-refractivity contribution < 1.29 is 17.9 Å². The van der Waals surface area contributed by atoms with E-state index in [4.69, 9.17) is 4.74 Å². The van der Waals surface area contributed by atoms with Crippen molar-refractivity contribution in [2.24, 2.45) is 0 Å². The third kappa shape index (κ3) is 5.18. The van der Waals surface area contributed by atoms with Gasteiger partial charge in [-0.05, 0) is 62.4 Å². The fourth-order valence-electron chi connectivity index (χ4n) is 4.62. The molecule has 7 heteroatoms. The number of carbonyl (C=O) groups is 1. The Balaban J connectivity index is 1.97. The number of carbonyl (C=O) groups excluding carboxylic acids is 1. The lowest BCUT2D eigenvalue weighted by Gasteiger charge is -2.42. The van der Waals surface area contributed by atoms with Crippen LogP contribution in [-0.4, -0.2) is 32.2 Å². The zero-order chi connectivity index (χ0) is 24.4. The monoisotopic (exact) mass is 472 g/mol. The van der Waals surface area contributed by atoms with Crippen LogP contribution in [0, 0.1) is 13.8 Å². The number of aryl methyl sites for hydroxylation is 2.